The number of nitrogens with one attached hydrogen (secondary N) is 2. The van der Waals surface area contributed by atoms with E-state index in [0.717, 1.165) is 48.8 Å². The highest BCUT2D eigenvalue weighted by Crippen LogP contribution is 2.24. The van der Waals surface area contributed by atoms with Gasteiger partial charge in [0.25, 0.3) is 0 Å². The van der Waals surface area contributed by atoms with Gasteiger partial charge in [-0.05, 0) is 68.4 Å². The zero-order chi connectivity index (χ0) is 28.4. The topological polar surface area (TPSA) is 101 Å². The van der Waals surface area contributed by atoms with Crippen LogP contribution in [0.25, 0.3) is 0 Å². The number of aromatic nitrogens is 2. The molecule has 0 aliphatic carbocycles. The molecule has 0 radical (unpaired) electrons. The fraction of sp³-hybridized carbons (Fsp3) is 0.714. The van der Waals surface area contributed by atoms with Crippen molar-refractivity contribution in [2.24, 2.45) is 4.99 Å². The highest BCUT2D eigenvalue weighted by molar-refractivity contribution is 5.84. The molecule has 2 unspecified atom stereocenters. The van der Waals surface area contributed by atoms with Crippen LogP contribution >= 0.6 is 0 Å². The molecule has 1 aliphatic heterocycles. The summed E-state index contributed by atoms with van der Waals surface area (Å²) in [6, 6.07) is 0. The van der Waals surface area contributed by atoms with Gasteiger partial charge in [0.2, 0.25) is 0 Å². The Labute approximate surface area is 225 Å². The second-order valence-electron chi connectivity index (χ2n) is 10.4. The molecule has 1 aromatic heterocycles. The summed E-state index contributed by atoms with van der Waals surface area (Å²) in [7, 11) is 3.91. The molecule has 2 atom stereocenters. The number of hydrogen-bond acceptors (Lipinski definition) is 8. The van der Waals surface area contributed by atoms with E-state index in [1.54, 1.807) is 0 Å². The second kappa shape index (κ2) is 18.7. The Morgan fingerprint density at radius 3 is 2.41 bits per heavy atom. The Hall–Kier alpha value is -2.52. The molecular formula is C28H52N6O3. The molecule has 2 N–H and O–H groups in total. The number of carbonyl (C=O) groups excluding carboxylic acids is 1. The third kappa shape index (κ3) is 17.5. The Morgan fingerprint density at radius 2 is 1.89 bits per heavy atom. The third-order valence-electron chi connectivity index (χ3n) is 4.76. The number of carbonyl (C=O) groups is 1. The van der Waals surface area contributed by atoms with Crippen LogP contribution < -0.4 is 10.6 Å². The van der Waals surface area contributed by atoms with Gasteiger partial charge in [0.05, 0.1) is 17.9 Å². The van der Waals surface area contributed by atoms with Gasteiger partial charge in [0, 0.05) is 32.4 Å². The maximum Gasteiger partial charge on any atom is 0.407 e. The van der Waals surface area contributed by atoms with Crippen LogP contribution in [0.4, 0.5) is 16.3 Å². The van der Waals surface area contributed by atoms with Gasteiger partial charge in [-0.25, -0.2) is 14.8 Å². The Kier molecular flexibility index (Phi) is 17.4. The number of ether oxygens (including phenoxy) is 2. The van der Waals surface area contributed by atoms with Gasteiger partial charge in [-0.15, -0.1) is 0 Å². The molecule has 1 aromatic rings. The lowest BCUT2D eigenvalue weighted by Gasteiger charge is -2.20. The van der Waals surface area contributed by atoms with Crippen LogP contribution in [-0.4, -0.2) is 78.2 Å². The van der Waals surface area contributed by atoms with Crippen LogP contribution in [0.1, 0.15) is 80.3 Å². The SMILES string of the molecule is CC1CCC(CN(C)C/C=C\CNC(=O)OC(C)(C)C)O1.CCC.CNc1ncnc(C)c1N=C(C)C. The molecule has 37 heavy (non-hydrogen) atoms. The number of amides is 1. The monoisotopic (exact) mass is 520 g/mol. The van der Waals surface area contributed by atoms with Crippen LogP contribution in [0.15, 0.2) is 23.5 Å². The molecule has 0 aromatic carbocycles. The number of aryl methyl sites for hydroxylation is 1. The van der Waals surface area contributed by atoms with Crippen molar-refractivity contribution in [3.05, 3.63) is 24.2 Å². The fourth-order valence-corrected chi connectivity index (χ4v) is 3.24. The van der Waals surface area contributed by atoms with Crippen LogP contribution in [0.2, 0.25) is 0 Å². The average molecular weight is 521 g/mol. The standard InChI is InChI=1S/C16H30N2O3.C9H14N4.C3H8/c1-13-8-9-14(20-13)12-18(5)11-7-6-10-17-15(19)21-16(2,3)4;1-6(2)13-8-7(3)11-5-12-9(8)10-4;1-3-2/h6-7,13-14H,8-12H2,1-5H3,(H,17,19);5H,1-4H3,(H,10,11,12);3H2,1-2H3/b7-6-;;. The van der Waals surface area contributed by atoms with E-state index in [2.05, 4.69) is 64.4 Å². The van der Waals surface area contributed by atoms with Crippen LogP contribution in [0, 0.1) is 6.92 Å². The lowest BCUT2D eigenvalue weighted by atomic mass is 10.2. The minimum absolute atomic E-state index is 0.360. The molecule has 212 valence electrons. The summed E-state index contributed by atoms with van der Waals surface area (Å²) in [5.74, 6) is 0.772. The first-order valence-electron chi connectivity index (χ1n) is 13.3. The minimum atomic E-state index is -0.452. The van der Waals surface area contributed by atoms with Crippen LogP contribution in [0.5, 0.6) is 0 Å². The number of anilines is 1. The highest BCUT2D eigenvalue weighted by atomic mass is 16.6. The van der Waals surface area contributed by atoms with E-state index in [0.29, 0.717) is 18.8 Å². The molecule has 2 heterocycles. The quantitative estimate of drug-likeness (QED) is 0.324. The average Bonchev–Trinajstić information content (AvgIpc) is 3.18. The molecule has 0 bridgehead atoms. The normalized spacial score (nSPS) is 16.9. The van der Waals surface area contributed by atoms with Crippen molar-refractivity contribution >= 4 is 23.3 Å². The van der Waals surface area contributed by atoms with Crippen molar-refractivity contribution in [3.63, 3.8) is 0 Å². The predicted octanol–water partition coefficient (Wildman–Crippen LogP) is 5.92. The van der Waals surface area contributed by atoms with Crippen molar-refractivity contribution in [1.82, 2.24) is 20.2 Å². The van der Waals surface area contributed by atoms with Gasteiger partial charge in [0.15, 0.2) is 5.82 Å². The molecule has 9 nitrogen and oxygen atoms in total. The number of hydrogen-bond donors (Lipinski definition) is 2. The summed E-state index contributed by atoms with van der Waals surface area (Å²) >= 11 is 0. The van der Waals surface area contributed by atoms with Crippen molar-refractivity contribution in [2.75, 3.05) is 39.0 Å². The summed E-state index contributed by atoms with van der Waals surface area (Å²) in [5.41, 5.74) is 2.26. The molecule has 1 aliphatic rings. The lowest BCUT2D eigenvalue weighted by molar-refractivity contribution is 0.0384. The first-order chi connectivity index (χ1) is 17.3. The summed E-state index contributed by atoms with van der Waals surface area (Å²) in [6.07, 6.45) is 9.47. The van der Waals surface area contributed by atoms with E-state index in [-0.39, 0.29) is 6.09 Å². The van der Waals surface area contributed by atoms with E-state index >= 15 is 0 Å². The van der Waals surface area contributed by atoms with E-state index in [4.69, 9.17) is 9.47 Å². The molecule has 1 amide bonds. The first kappa shape index (κ1) is 34.5. The lowest BCUT2D eigenvalue weighted by Crippen LogP contribution is -2.32. The number of nitrogens with zero attached hydrogens (tertiary/aromatic N) is 4. The zero-order valence-electron chi connectivity index (χ0n) is 25.1. The van der Waals surface area contributed by atoms with Gasteiger partial charge in [0.1, 0.15) is 17.6 Å². The van der Waals surface area contributed by atoms with Gasteiger partial charge >= 0.3 is 6.09 Å². The smallest absolute Gasteiger partial charge is 0.407 e. The Morgan fingerprint density at radius 1 is 1.24 bits per heavy atom. The van der Waals surface area contributed by atoms with Crippen molar-refractivity contribution < 1.29 is 14.3 Å². The van der Waals surface area contributed by atoms with Crippen molar-refractivity contribution in [2.45, 2.75) is 99.4 Å². The number of likely N-dealkylation sites (N-methyl/N-ethyl adjacent to an activating group) is 1. The molecule has 9 heteroatoms. The summed E-state index contributed by atoms with van der Waals surface area (Å²) in [5, 5.41) is 5.68. The zero-order valence-corrected chi connectivity index (χ0v) is 25.1. The molecule has 1 saturated heterocycles. The first-order valence-corrected chi connectivity index (χ1v) is 13.3. The second-order valence-corrected chi connectivity index (χ2v) is 10.4. The third-order valence-corrected chi connectivity index (χ3v) is 4.76. The molecule has 2 rings (SSSR count). The minimum Gasteiger partial charge on any atom is -0.444 e. The van der Waals surface area contributed by atoms with Crippen molar-refractivity contribution in [3.8, 4) is 0 Å². The maximum absolute atomic E-state index is 11.4. The summed E-state index contributed by atoms with van der Waals surface area (Å²) in [4.78, 5) is 26.2. The fourth-order valence-electron chi connectivity index (χ4n) is 3.24. The molecule has 0 spiro atoms. The van der Waals surface area contributed by atoms with E-state index in [1.807, 2.05) is 54.7 Å². The van der Waals surface area contributed by atoms with E-state index < -0.39 is 5.60 Å². The largest absolute Gasteiger partial charge is 0.444 e. The Balaban J connectivity index is 0.000000689. The van der Waals surface area contributed by atoms with Crippen molar-refractivity contribution in [1.29, 1.82) is 0 Å². The number of alkyl carbamates (subject to hydrolysis) is 1. The van der Waals surface area contributed by atoms with Crippen LogP contribution in [0.3, 0.4) is 0 Å². The maximum atomic E-state index is 11.4. The summed E-state index contributed by atoms with van der Waals surface area (Å²) in [6.45, 7) is 20.0. The summed E-state index contributed by atoms with van der Waals surface area (Å²) < 4.78 is 11.0. The predicted molar refractivity (Wildman–Crippen MR) is 155 cm³/mol. The van der Waals surface area contributed by atoms with Gasteiger partial charge in [-0.1, -0.05) is 32.4 Å². The number of aliphatic imine (C=N–C) groups is 1. The molecular weight excluding hydrogens is 468 g/mol. The van der Waals surface area contributed by atoms with Gasteiger partial charge < -0.3 is 25.0 Å². The van der Waals surface area contributed by atoms with Gasteiger partial charge in [-0.3, -0.25) is 4.99 Å². The highest BCUT2D eigenvalue weighted by Gasteiger charge is 2.22. The van der Waals surface area contributed by atoms with Crippen LogP contribution in [-0.2, 0) is 9.47 Å². The molecule has 1 fully saturated rings. The van der Waals surface area contributed by atoms with Gasteiger partial charge in [-0.2, -0.15) is 0 Å². The molecule has 0 saturated carbocycles. The number of rotatable bonds is 8. The van der Waals surface area contributed by atoms with E-state index in [1.165, 1.54) is 12.7 Å². The van der Waals surface area contributed by atoms with E-state index in [9.17, 15) is 4.79 Å². The Bertz CT molecular complexity index is 832.